The van der Waals surface area contributed by atoms with E-state index in [9.17, 15) is 36.0 Å². The zero-order valence-electron chi connectivity index (χ0n) is 21.1. The van der Waals surface area contributed by atoms with E-state index < -0.39 is 67.8 Å². The molecule has 0 spiro atoms. The van der Waals surface area contributed by atoms with Gasteiger partial charge in [-0.2, -0.15) is 0 Å². The second kappa shape index (κ2) is 10.5. The van der Waals surface area contributed by atoms with Gasteiger partial charge in [-0.05, 0) is 42.9 Å². The van der Waals surface area contributed by atoms with Crippen LogP contribution >= 0.6 is 11.6 Å². The van der Waals surface area contributed by atoms with Crippen molar-refractivity contribution in [3.8, 4) is 0 Å². The Hall–Kier alpha value is -3.12. The van der Waals surface area contributed by atoms with E-state index in [1.165, 1.54) is 26.0 Å². The molecule has 1 N–H and O–H groups in total. The van der Waals surface area contributed by atoms with Gasteiger partial charge in [0.2, 0.25) is 0 Å². The molecule has 2 aromatic rings. The van der Waals surface area contributed by atoms with Crippen LogP contribution in [0.4, 0.5) is 18.9 Å². The fourth-order valence-electron chi connectivity index (χ4n) is 6.06. The number of nitrogens with one attached hydrogen (secondary N) is 1. The van der Waals surface area contributed by atoms with Crippen LogP contribution in [0, 0.1) is 35.2 Å². The first-order valence-corrected chi connectivity index (χ1v) is 13.9. The Kier molecular flexibility index (Phi) is 7.74. The van der Waals surface area contributed by atoms with Gasteiger partial charge in [-0.3, -0.25) is 14.4 Å². The van der Waals surface area contributed by atoms with Crippen LogP contribution in [0.1, 0.15) is 44.0 Å². The number of hydrogen-bond acceptors (Lipinski definition) is 7. The van der Waals surface area contributed by atoms with Crippen LogP contribution in [-0.4, -0.2) is 43.7 Å². The highest BCUT2D eigenvalue weighted by molar-refractivity contribution is 7.92. The molecule has 13 heteroatoms. The molecular weight excluding hydrogens is 563 g/mol. The van der Waals surface area contributed by atoms with Crippen molar-refractivity contribution in [2.45, 2.75) is 49.4 Å². The number of carbonyl (C=O) groups is 3. The van der Waals surface area contributed by atoms with Crippen LogP contribution in [0.15, 0.2) is 35.2 Å². The Labute approximate surface area is 227 Å². The van der Waals surface area contributed by atoms with E-state index >= 15 is 0 Å². The number of halogens is 4. The molecule has 0 saturated heterocycles. The minimum Gasteiger partial charge on any atom is -0.462 e. The molecule has 1 amide bonds. The van der Waals surface area contributed by atoms with Crippen molar-refractivity contribution in [1.82, 2.24) is 0 Å². The van der Waals surface area contributed by atoms with E-state index in [1.54, 1.807) is 0 Å². The van der Waals surface area contributed by atoms with Crippen molar-refractivity contribution in [3.05, 3.63) is 58.4 Å². The van der Waals surface area contributed by atoms with Crippen LogP contribution in [-0.2, 0) is 28.9 Å². The first-order chi connectivity index (χ1) is 18.2. The van der Waals surface area contributed by atoms with Gasteiger partial charge in [0.1, 0.15) is 6.61 Å². The molecule has 2 fully saturated rings. The second-order valence-corrected chi connectivity index (χ2v) is 12.5. The molecular formula is C26H25ClF3NO7S. The Morgan fingerprint density at radius 3 is 2.31 bits per heavy atom. The molecule has 0 aromatic heterocycles. The summed E-state index contributed by atoms with van der Waals surface area (Å²) in [6.45, 7) is 3.90. The molecule has 2 bridgehead atoms. The summed E-state index contributed by atoms with van der Waals surface area (Å²) in [6.07, 6.45) is 0.662. The van der Waals surface area contributed by atoms with Crippen molar-refractivity contribution < 1.29 is 45.4 Å². The van der Waals surface area contributed by atoms with Crippen LogP contribution in [0.2, 0.25) is 5.02 Å². The molecule has 2 aliphatic carbocycles. The molecule has 2 unspecified atom stereocenters. The molecule has 39 heavy (non-hydrogen) atoms. The zero-order valence-corrected chi connectivity index (χ0v) is 22.7. The topological polar surface area (TPSA) is 116 Å². The third-order valence-corrected chi connectivity index (χ3v) is 10.1. The third-order valence-electron chi connectivity index (χ3n) is 7.29. The average molecular weight is 588 g/mol. The van der Waals surface area contributed by atoms with Gasteiger partial charge in [0, 0.05) is 43.1 Å². The molecule has 0 radical (unpaired) electrons. The number of esters is 2. The SMILES string of the molecule is CC(=O)OC[C@@]1(OC(C)=O)CC2C[C@H](C)C1[C@@H]2S(=O)(=O)c1cc(C(=O)Nc2cc(F)c(F)c(F)c2)ccc1Cl. The molecule has 210 valence electrons. The van der Waals surface area contributed by atoms with Gasteiger partial charge in [0.05, 0.1) is 15.2 Å². The number of rotatable bonds is 7. The summed E-state index contributed by atoms with van der Waals surface area (Å²) >= 11 is 6.29. The van der Waals surface area contributed by atoms with E-state index in [4.69, 9.17) is 21.1 Å². The molecule has 2 aliphatic rings. The number of sulfone groups is 1. The largest absolute Gasteiger partial charge is 0.462 e. The summed E-state index contributed by atoms with van der Waals surface area (Å²) in [5.74, 6) is -8.30. The lowest BCUT2D eigenvalue weighted by molar-refractivity contribution is -0.180. The fourth-order valence-corrected chi connectivity index (χ4v) is 9.04. The Morgan fingerprint density at radius 2 is 1.72 bits per heavy atom. The summed E-state index contributed by atoms with van der Waals surface area (Å²) < 4.78 is 79.3. The van der Waals surface area contributed by atoms with Crippen molar-refractivity contribution in [1.29, 1.82) is 0 Å². The number of amides is 1. The minimum atomic E-state index is -4.24. The first kappa shape index (κ1) is 28.9. The Morgan fingerprint density at radius 1 is 1.08 bits per heavy atom. The molecule has 0 heterocycles. The standard InChI is InChI=1S/C26H25ClF3NO7S/c1-12-6-16-10-26(38-14(3)33,11-37-13(2)32)22(12)24(16)39(35,36)21-7-15(4-5-18(21)27)25(34)31-17-8-19(28)23(30)20(29)9-17/h4-5,7-9,12,16,22,24H,6,10-11H2,1-3H3,(H,31,34)/t12-,16?,22?,24+,26-/m0/s1. The van der Waals surface area contributed by atoms with E-state index in [0.717, 1.165) is 6.07 Å². The number of fused-ring (bicyclic) bond motifs is 2. The lowest BCUT2D eigenvalue weighted by atomic mass is 9.78. The van der Waals surface area contributed by atoms with Gasteiger partial charge >= 0.3 is 11.9 Å². The predicted molar refractivity (Wildman–Crippen MR) is 133 cm³/mol. The highest BCUT2D eigenvalue weighted by Crippen LogP contribution is 2.59. The molecule has 0 aliphatic heterocycles. The summed E-state index contributed by atoms with van der Waals surface area (Å²) in [4.78, 5) is 36.0. The lowest BCUT2D eigenvalue weighted by Gasteiger charge is -2.39. The number of ether oxygens (including phenoxy) is 2. The lowest BCUT2D eigenvalue weighted by Crippen LogP contribution is -2.49. The van der Waals surface area contributed by atoms with Crippen LogP contribution in [0.25, 0.3) is 0 Å². The second-order valence-electron chi connectivity index (χ2n) is 10.0. The molecule has 4 rings (SSSR count). The van der Waals surface area contributed by atoms with E-state index in [1.807, 2.05) is 6.92 Å². The van der Waals surface area contributed by atoms with Crippen molar-refractivity contribution in [2.24, 2.45) is 17.8 Å². The maximum Gasteiger partial charge on any atom is 0.303 e. The maximum atomic E-state index is 14.0. The quantitative estimate of drug-likeness (QED) is 0.369. The monoisotopic (exact) mass is 587 g/mol. The number of hydrogen-bond donors (Lipinski definition) is 1. The van der Waals surface area contributed by atoms with Crippen LogP contribution in [0.3, 0.4) is 0 Å². The summed E-state index contributed by atoms with van der Waals surface area (Å²) in [6, 6.07) is 4.64. The van der Waals surface area contributed by atoms with Gasteiger partial charge in [0.15, 0.2) is 32.9 Å². The third kappa shape index (κ3) is 5.36. The van der Waals surface area contributed by atoms with Gasteiger partial charge in [0.25, 0.3) is 5.91 Å². The van der Waals surface area contributed by atoms with Crippen molar-refractivity contribution >= 4 is 45.0 Å². The molecule has 2 aromatic carbocycles. The Balaban J connectivity index is 1.69. The van der Waals surface area contributed by atoms with Gasteiger partial charge in [-0.15, -0.1) is 0 Å². The predicted octanol–water partition coefficient (Wildman–Crippen LogP) is 4.69. The van der Waals surface area contributed by atoms with E-state index in [0.29, 0.717) is 18.6 Å². The average Bonchev–Trinajstić information content (AvgIpc) is 3.33. The molecule has 2 saturated carbocycles. The minimum absolute atomic E-state index is 0.151. The van der Waals surface area contributed by atoms with Crippen LogP contribution < -0.4 is 5.32 Å². The summed E-state index contributed by atoms with van der Waals surface area (Å²) in [5, 5.41) is 0.983. The normalized spacial score (nSPS) is 25.8. The highest BCUT2D eigenvalue weighted by atomic mass is 35.5. The fraction of sp³-hybridized carbons (Fsp3) is 0.423. The maximum absolute atomic E-state index is 14.0. The number of benzene rings is 2. The van der Waals surface area contributed by atoms with Crippen molar-refractivity contribution in [2.75, 3.05) is 11.9 Å². The van der Waals surface area contributed by atoms with Gasteiger partial charge in [-0.1, -0.05) is 18.5 Å². The van der Waals surface area contributed by atoms with Crippen molar-refractivity contribution in [3.63, 3.8) is 0 Å². The highest BCUT2D eigenvalue weighted by Gasteiger charge is 2.66. The van der Waals surface area contributed by atoms with Gasteiger partial charge in [-0.25, -0.2) is 21.6 Å². The first-order valence-electron chi connectivity index (χ1n) is 12.0. The Bertz CT molecular complexity index is 1440. The molecule has 5 atom stereocenters. The number of carbonyl (C=O) groups excluding carboxylic acids is 3. The summed E-state index contributed by atoms with van der Waals surface area (Å²) in [5.41, 5.74) is -1.92. The van der Waals surface area contributed by atoms with E-state index in [2.05, 4.69) is 5.32 Å². The van der Waals surface area contributed by atoms with Crippen LogP contribution in [0.5, 0.6) is 0 Å². The smallest absolute Gasteiger partial charge is 0.303 e. The van der Waals surface area contributed by atoms with Gasteiger partial charge < -0.3 is 14.8 Å². The summed E-state index contributed by atoms with van der Waals surface area (Å²) in [7, 11) is -4.24. The zero-order chi connectivity index (χ0) is 28.9. The number of anilines is 1. The van der Waals surface area contributed by atoms with E-state index in [-0.39, 0.29) is 40.1 Å². The molecule has 8 nitrogen and oxygen atoms in total.